The molecule has 58 valence electrons. The molecule has 0 aromatic rings. The van der Waals surface area contributed by atoms with Gasteiger partial charge in [-0.05, 0) is 12.8 Å². The summed E-state index contributed by atoms with van der Waals surface area (Å²) < 4.78 is 4.73. The maximum absolute atomic E-state index is 11.0. The van der Waals surface area contributed by atoms with Crippen LogP contribution in [0, 0.1) is 0 Å². The fourth-order valence-electron chi connectivity index (χ4n) is 1.30. The lowest BCUT2D eigenvalue weighted by molar-refractivity contribution is -0.138. The standard InChI is InChI=1S/C7H12O3/c1-10-5-7(9)4-2-3-6(7)8/h9H,2-5H2,1H3/t7-/m0/s1. The van der Waals surface area contributed by atoms with Gasteiger partial charge in [0, 0.05) is 13.5 Å². The first-order chi connectivity index (χ1) is 4.69. The van der Waals surface area contributed by atoms with E-state index in [-0.39, 0.29) is 12.4 Å². The number of hydrogen-bond acceptors (Lipinski definition) is 3. The Morgan fingerprint density at radius 1 is 1.80 bits per heavy atom. The highest BCUT2D eigenvalue weighted by atomic mass is 16.5. The summed E-state index contributed by atoms with van der Waals surface area (Å²) >= 11 is 0. The van der Waals surface area contributed by atoms with Gasteiger partial charge in [0.1, 0.15) is 5.60 Å². The summed E-state index contributed by atoms with van der Waals surface area (Å²) in [6.07, 6.45) is 1.85. The smallest absolute Gasteiger partial charge is 0.166 e. The van der Waals surface area contributed by atoms with E-state index in [4.69, 9.17) is 4.74 Å². The molecule has 1 N–H and O–H groups in total. The molecule has 1 aliphatic carbocycles. The van der Waals surface area contributed by atoms with Gasteiger partial charge < -0.3 is 9.84 Å². The SMILES string of the molecule is COC[C@@]1(O)CCCC1=O. The Kier molecular flexibility index (Phi) is 2.06. The Morgan fingerprint density at radius 2 is 2.50 bits per heavy atom. The third-order valence-electron chi connectivity index (χ3n) is 1.90. The molecule has 3 nitrogen and oxygen atoms in total. The van der Waals surface area contributed by atoms with Crippen molar-refractivity contribution in [2.45, 2.75) is 24.9 Å². The minimum Gasteiger partial charge on any atom is -0.381 e. The van der Waals surface area contributed by atoms with Crippen molar-refractivity contribution in [3.8, 4) is 0 Å². The zero-order chi connectivity index (χ0) is 7.61. The van der Waals surface area contributed by atoms with Crippen molar-refractivity contribution < 1.29 is 14.6 Å². The van der Waals surface area contributed by atoms with Gasteiger partial charge >= 0.3 is 0 Å². The van der Waals surface area contributed by atoms with E-state index in [0.29, 0.717) is 12.8 Å². The zero-order valence-electron chi connectivity index (χ0n) is 6.09. The van der Waals surface area contributed by atoms with Crippen LogP contribution in [0.5, 0.6) is 0 Å². The Labute approximate surface area is 60.0 Å². The first-order valence-electron chi connectivity index (χ1n) is 3.44. The average molecular weight is 144 g/mol. The molecule has 1 fully saturated rings. The molecule has 0 bridgehead atoms. The van der Waals surface area contributed by atoms with Crippen LogP contribution in [0.2, 0.25) is 0 Å². The third-order valence-corrected chi connectivity index (χ3v) is 1.90. The number of hydrogen-bond donors (Lipinski definition) is 1. The van der Waals surface area contributed by atoms with Gasteiger partial charge in [0.25, 0.3) is 0 Å². The molecule has 1 atom stereocenters. The second kappa shape index (κ2) is 2.68. The molecule has 1 rings (SSSR count). The van der Waals surface area contributed by atoms with Gasteiger partial charge in [-0.3, -0.25) is 4.79 Å². The van der Waals surface area contributed by atoms with Crippen LogP contribution in [0.4, 0.5) is 0 Å². The second-order valence-electron chi connectivity index (χ2n) is 2.74. The van der Waals surface area contributed by atoms with E-state index in [2.05, 4.69) is 0 Å². The Morgan fingerprint density at radius 3 is 2.90 bits per heavy atom. The highest BCUT2D eigenvalue weighted by Crippen LogP contribution is 2.25. The molecule has 1 saturated carbocycles. The molecule has 0 radical (unpaired) electrons. The Hall–Kier alpha value is -0.410. The fraction of sp³-hybridized carbons (Fsp3) is 0.857. The Balaban J connectivity index is 2.57. The summed E-state index contributed by atoms with van der Waals surface area (Å²) in [7, 11) is 1.49. The number of Topliss-reactive ketones (excluding diaryl/α,β-unsaturated/α-hetero) is 1. The summed E-state index contributed by atoms with van der Waals surface area (Å²) in [5, 5.41) is 9.49. The fourth-order valence-corrected chi connectivity index (χ4v) is 1.30. The van der Waals surface area contributed by atoms with Gasteiger partial charge in [0.2, 0.25) is 0 Å². The van der Waals surface area contributed by atoms with Crippen molar-refractivity contribution in [1.29, 1.82) is 0 Å². The van der Waals surface area contributed by atoms with E-state index in [1.807, 2.05) is 0 Å². The van der Waals surface area contributed by atoms with Crippen LogP contribution in [0.1, 0.15) is 19.3 Å². The number of carbonyl (C=O) groups excluding carboxylic acids is 1. The molecule has 0 saturated heterocycles. The van der Waals surface area contributed by atoms with E-state index in [9.17, 15) is 9.90 Å². The normalized spacial score (nSPS) is 33.2. The lowest BCUT2D eigenvalue weighted by Gasteiger charge is -2.18. The molecular formula is C7H12O3. The molecule has 0 aromatic heterocycles. The van der Waals surface area contributed by atoms with E-state index in [1.165, 1.54) is 7.11 Å². The lowest BCUT2D eigenvalue weighted by Crippen LogP contribution is -2.38. The predicted octanol–water partition coefficient (Wildman–Crippen LogP) is 0.117. The van der Waals surface area contributed by atoms with Gasteiger partial charge in [-0.1, -0.05) is 0 Å². The van der Waals surface area contributed by atoms with Crippen LogP contribution < -0.4 is 0 Å². The van der Waals surface area contributed by atoms with Gasteiger partial charge in [0.05, 0.1) is 6.61 Å². The number of rotatable bonds is 2. The second-order valence-corrected chi connectivity index (χ2v) is 2.74. The predicted molar refractivity (Wildman–Crippen MR) is 35.7 cm³/mol. The van der Waals surface area contributed by atoms with E-state index in [0.717, 1.165) is 6.42 Å². The summed E-state index contributed by atoms with van der Waals surface area (Å²) in [5.74, 6) is -0.0747. The molecule has 0 amide bonds. The van der Waals surface area contributed by atoms with Crippen LogP contribution >= 0.6 is 0 Å². The van der Waals surface area contributed by atoms with Gasteiger partial charge in [-0.2, -0.15) is 0 Å². The van der Waals surface area contributed by atoms with E-state index in [1.54, 1.807) is 0 Å². The quantitative estimate of drug-likeness (QED) is 0.598. The van der Waals surface area contributed by atoms with Crippen LogP contribution in [0.25, 0.3) is 0 Å². The van der Waals surface area contributed by atoms with Crippen LogP contribution in [-0.2, 0) is 9.53 Å². The number of ether oxygens (including phenoxy) is 1. The molecule has 10 heavy (non-hydrogen) atoms. The number of methoxy groups -OCH3 is 1. The van der Waals surface area contributed by atoms with Crippen molar-refractivity contribution in [1.82, 2.24) is 0 Å². The van der Waals surface area contributed by atoms with Crippen molar-refractivity contribution in [2.75, 3.05) is 13.7 Å². The Bertz CT molecular complexity index is 144. The largest absolute Gasteiger partial charge is 0.381 e. The highest BCUT2D eigenvalue weighted by molar-refractivity contribution is 5.89. The molecule has 1 aliphatic rings. The number of carbonyl (C=O) groups is 1. The first-order valence-corrected chi connectivity index (χ1v) is 3.44. The molecule has 0 aliphatic heterocycles. The van der Waals surface area contributed by atoms with Crippen molar-refractivity contribution >= 4 is 5.78 Å². The molecule has 0 unspecified atom stereocenters. The van der Waals surface area contributed by atoms with Crippen molar-refractivity contribution in [3.63, 3.8) is 0 Å². The van der Waals surface area contributed by atoms with Crippen LogP contribution in [0.15, 0.2) is 0 Å². The highest BCUT2D eigenvalue weighted by Gasteiger charge is 2.39. The summed E-state index contributed by atoms with van der Waals surface area (Å²) in [4.78, 5) is 11.0. The molecular weight excluding hydrogens is 132 g/mol. The van der Waals surface area contributed by atoms with Gasteiger partial charge in [-0.15, -0.1) is 0 Å². The minimum absolute atomic E-state index is 0.0747. The van der Waals surface area contributed by atoms with Crippen LogP contribution in [0.3, 0.4) is 0 Å². The average Bonchev–Trinajstić information content (AvgIpc) is 2.15. The zero-order valence-corrected chi connectivity index (χ0v) is 6.09. The molecule has 0 spiro atoms. The monoisotopic (exact) mass is 144 g/mol. The van der Waals surface area contributed by atoms with Crippen molar-refractivity contribution in [3.05, 3.63) is 0 Å². The molecule has 0 heterocycles. The third kappa shape index (κ3) is 1.20. The molecule has 0 aromatic carbocycles. The van der Waals surface area contributed by atoms with E-state index >= 15 is 0 Å². The summed E-state index contributed by atoms with van der Waals surface area (Å²) in [6, 6.07) is 0. The maximum Gasteiger partial charge on any atom is 0.166 e. The van der Waals surface area contributed by atoms with Crippen molar-refractivity contribution in [2.24, 2.45) is 0 Å². The topological polar surface area (TPSA) is 46.5 Å². The number of aliphatic hydroxyl groups is 1. The summed E-state index contributed by atoms with van der Waals surface area (Å²) in [6.45, 7) is 0.145. The maximum atomic E-state index is 11.0. The van der Waals surface area contributed by atoms with E-state index < -0.39 is 5.60 Å². The van der Waals surface area contributed by atoms with Gasteiger partial charge in [0.15, 0.2) is 5.78 Å². The molecule has 3 heteroatoms. The minimum atomic E-state index is -1.16. The van der Waals surface area contributed by atoms with Crippen LogP contribution in [-0.4, -0.2) is 30.2 Å². The lowest BCUT2D eigenvalue weighted by atomic mass is 10.0. The number of ketones is 1. The summed E-state index contributed by atoms with van der Waals surface area (Å²) in [5.41, 5.74) is -1.16. The first kappa shape index (κ1) is 7.69. The van der Waals surface area contributed by atoms with Gasteiger partial charge in [-0.25, -0.2) is 0 Å².